The van der Waals surface area contributed by atoms with Gasteiger partial charge in [-0.15, -0.1) is 0 Å². The van der Waals surface area contributed by atoms with E-state index in [2.05, 4.69) is 13.8 Å². The average Bonchev–Trinajstić information content (AvgIpc) is 3.76. The molecule has 0 aromatic heterocycles. The van der Waals surface area contributed by atoms with Gasteiger partial charge in [-0.25, -0.2) is 4.79 Å². The van der Waals surface area contributed by atoms with Crippen LogP contribution in [0.4, 0.5) is 0 Å². The summed E-state index contributed by atoms with van der Waals surface area (Å²) < 4.78 is 53.1. The number of aliphatic hydroxyl groups is 8. The molecule has 23 atom stereocenters. The zero-order valence-corrected chi connectivity index (χ0v) is 36.7. The van der Waals surface area contributed by atoms with Crippen LogP contribution in [0.3, 0.4) is 0 Å². The van der Waals surface area contributed by atoms with Crippen molar-refractivity contribution in [3.63, 3.8) is 0 Å². The number of rotatable bonds is 11. The molecule has 0 aromatic rings. The predicted molar refractivity (Wildman–Crippen MR) is 213 cm³/mol. The van der Waals surface area contributed by atoms with Crippen LogP contribution in [0.25, 0.3) is 0 Å². The minimum Gasteiger partial charge on any atom is -0.462 e. The summed E-state index contributed by atoms with van der Waals surface area (Å²) >= 11 is 0. The molecule has 8 rings (SSSR count). The molecule has 5 unspecified atom stereocenters. The van der Waals surface area contributed by atoms with Crippen LogP contribution < -0.4 is 0 Å². The van der Waals surface area contributed by atoms with E-state index < -0.39 is 128 Å². The molecule has 358 valence electrons. The second-order valence-electron chi connectivity index (χ2n) is 20.0. The summed E-state index contributed by atoms with van der Waals surface area (Å²) in [5.74, 6) is -0.528. The molecule has 63 heavy (non-hydrogen) atoms. The summed E-state index contributed by atoms with van der Waals surface area (Å²) in [6.07, 6.45) is -10.8. The van der Waals surface area contributed by atoms with Crippen LogP contribution in [0.15, 0.2) is 11.6 Å². The van der Waals surface area contributed by atoms with E-state index in [9.17, 15) is 50.4 Å². The summed E-state index contributed by atoms with van der Waals surface area (Å²) in [7, 11) is 1.52. The van der Waals surface area contributed by atoms with Gasteiger partial charge in [0.15, 0.2) is 18.9 Å². The molecule has 0 aromatic carbocycles. The Bertz CT molecular complexity index is 1680. The zero-order valence-electron chi connectivity index (χ0n) is 36.7. The summed E-state index contributed by atoms with van der Waals surface area (Å²) in [6.45, 7) is 6.62. The Hall–Kier alpha value is -1.92. The lowest BCUT2D eigenvalue weighted by Crippen LogP contribution is -2.63. The molecule has 0 bridgehead atoms. The van der Waals surface area contributed by atoms with Crippen LogP contribution >= 0.6 is 0 Å². The molecular formula is C44H68O19. The Balaban J connectivity index is 0.874. The largest absolute Gasteiger partial charge is 0.462 e. The molecule has 0 radical (unpaired) electrons. The Kier molecular flexibility index (Phi) is 13.8. The number of esters is 2. The first-order chi connectivity index (χ1) is 29.8. The predicted octanol–water partition coefficient (Wildman–Crippen LogP) is -0.671. The number of carbonyl (C=O) groups excluding carboxylic acids is 2. The highest BCUT2D eigenvalue weighted by atomic mass is 16.8. The lowest BCUT2D eigenvalue weighted by atomic mass is 9.43. The lowest BCUT2D eigenvalue weighted by molar-refractivity contribution is -0.355. The number of cyclic esters (lactones) is 1. The number of hydrogen-bond donors (Lipinski definition) is 8. The summed E-state index contributed by atoms with van der Waals surface area (Å²) in [6, 6.07) is 0. The van der Waals surface area contributed by atoms with E-state index in [-0.39, 0.29) is 42.3 Å². The third kappa shape index (κ3) is 8.43. The first-order valence-corrected chi connectivity index (χ1v) is 22.7. The fourth-order valence-electron chi connectivity index (χ4n) is 13.3. The Morgan fingerprint density at radius 3 is 2.19 bits per heavy atom. The summed E-state index contributed by atoms with van der Waals surface area (Å²) in [5.41, 5.74) is -0.944. The standard InChI is InChI=1S/C44H68O19/c1-19-39(63-41-38(53)36(51)34(49)29(62-41)18-57-40-37(52)35(50)33(48)28(16-45)61-40)26(55-5)14-31(58-19)60-23-8-10-42(3)22(13-23)6-7-25-24(42)9-11-43(4)32(21-12-30(47)56-17-21)27(59-20(2)46)15-44(25,43)54/h12,19,22-29,31-41,45,48-54H,6-11,13-18H2,1-5H3/t19-,22?,23+,24?,25?,26-,27+,28-,29-,31+,32+,33-,34-,35+,36+,37-,38-,39+,40-,41?,42+,43-,44?/m1/s1. The highest BCUT2D eigenvalue weighted by Crippen LogP contribution is 2.70. The topological polar surface area (TPSA) is 279 Å². The van der Waals surface area contributed by atoms with Gasteiger partial charge in [-0.2, -0.15) is 0 Å². The number of ether oxygens (including phenoxy) is 9. The van der Waals surface area contributed by atoms with E-state index >= 15 is 0 Å². The van der Waals surface area contributed by atoms with Gasteiger partial charge in [0, 0.05) is 44.3 Å². The minimum atomic E-state index is -1.72. The van der Waals surface area contributed by atoms with Crippen molar-refractivity contribution in [3.05, 3.63) is 11.6 Å². The number of fused-ring (bicyclic) bond motifs is 5. The minimum absolute atomic E-state index is 0.000125. The number of aliphatic hydroxyl groups excluding tert-OH is 7. The van der Waals surface area contributed by atoms with Crippen LogP contribution in [0, 0.1) is 34.5 Å². The summed E-state index contributed by atoms with van der Waals surface area (Å²) in [4.78, 5) is 24.5. The van der Waals surface area contributed by atoms with Crippen LogP contribution in [0.2, 0.25) is 0 Å². The fourth-order valence-corrected chi connectivity index (χ4v) is 13.3. The Morgan fingerprint density at radius 1 is 0.825 bits per heavy atom. The van der Waals surface area contributed by atoms with Crippen molar-refractivity contribution in [2.75, 3.05) is 26.9 Å². The maximum atomic E-state index is 12.9. The normalized spacial score (nSPS) is 52.3. The van der Waals surface area contributed by atoms with E-state index in [0.717, 1.165) is 50.5 Å². The number of hydrogen-bond acceptors (Lipinski definition) is 19. The van der Waals surface area contributed by atoms with E-state index in [1.165, 1.54) is 20.1 Å². The number of carbonyl (C=O) groups is 2. The van der Waals surface area contributed by atoms with Crippen LogP contribution in [0.5, 0.6) is 0 Å². The average molecular weight is 901 g/mol. The van der Waals surface area contributed by atoms with Crippen LogP contribution in [-0.4, -0.2) is 184 Å². The highest BCUT2D eigenvalue weighted by molar-refractivity contribution is 5.85. The quantitative estimate of drug-likeness (QED) is 0.0943. The van der Waals surface area contributed by atoms with Crippen molar-refractivity contribution in [1.29, 1.82) is 0 Å². The SMILES string of the molecule is CO[C@@H]1C[C@H](O[C@H]2CC[C@@]3(C)C(CCC4C3CC[C@]3(C)[C@@H](C5=CC(=O)OC5)[C@@H](OC(C)=O)CC43O)C2)O[C@H](C)[C@@H]1OC1O[C@H](CO[C@@H]2O[C@H](CO)[C@@H](O)[C@H](O)[C@H]2O)[C@@H](O)[C@H](O)[C@H]1O. The van der Waals surface area contributed by atoms with Crippen molar-refractivity contribution in [1.82, 2.24) is 0 Å². The van der Waals surface area contributed by atoms with Gasteiger partial charge in [0.25, 0.3) is 0 Å². The highest BCUT2D eigenvalue weighted by Gasteiger charge is 2.71. The van der Waals surface area contributed by atoms with Gasteiger partial charge in [0.2, 0.25) is 0 Å². The molecule has 19 heteroatoms. The van der Waals surface area contributed by atoms with Gasteiger partial charge in [-0.3, -0.25) is 4.79 Å². The third-order valence-electron chi connectivity index (χ3n) is 16.7. The van der Waals surface area contributed by atoms with E-state index in [4.69, 9.17) is 42.6 Å². The molecule has 19 nitrogen and oxygen atoms in total. The monoisotopic (exact) mass is 900 g/mol. The van der Waals surface area contributed by atoms with Gasteiger partial charge in [0.05, 0.1) is 37.1 Å². The molecule has 8 aliphatic rings. The lowest BCUT2D eigenvalue weighted by Gasteiger charge is -2.63. The smallest absolute Gasteiger partial charge is 0.331 e. The van der Waals surface area contributed by atoms with Gasteiger partial charge in [-0.1, -0.05) is 13.8 Å². The van der Waals surface area contributed by atoms with Gasteiger partial charge >= 0.3 is 11.9 Å². The van der Waals surface area contributed by atoms with Gasteiger partial charge < -0.3 is 83.5 Å². The molecular weight excluding hydrogens is 832 g/mol. The zero-order chi connectivity index (χ0) is 45.3. The first-order valence-electron chi connectivity index (χ1n) is 22.7. The first kappa shape index (κ1) is 47.6. The van der Waals surface area contributed by atoms with Crippen molar-refractivity contribution in [3.8, 4) is 0 Å². The van der Waals surface area contributed by atoms with Crippen LogP contribution in [-0.2, 0) is 52.2 Å². The second-order valence-corrected chi connectivity index (χ2v) is 20.0. The van der Waals surface area contributed by atoms with Crippen molar-refractivity contribution in [2.24, 2.45) is 34.5 Å². The Morgan fingerprint density at radius 2 is 1.52 bits per heavy atom. The van der Waals surface area contributed by atoms with Crippen molar-refractivity contribution < 1.29 is 93.1 Å². The molecule has 7 fully saturated rings. The molecule has 3 saturated heterocycles. The van der Waals surface area contributed by atoms with E-state index in [1.54, 1.807) is 6.92 Å². The molecule has 4 saturated carbocycles. The maximum absolute atomic E-state index is 12.9. The molecule has 4 aliphatic heterocycles. The second kappa shape index (κ2) is 18.3. The van der Waals surface area contributed by atoms with E-state index in [1.807, 2.05) is 0 Å². The van der Waals surface area contributed by atoms with Crippen molar-refractivity contribution >= 4 is 11.9 Å². The summed E-state index contributed by atoms with van der Waals surface area (Å²) in [5, 5.41) is 85.4. The molecule has 4 aliphatic carbocycles. The maximum Gasteiger partial charge on any atom is 0.331 e. The number of methoxy groups -OCH3 is 1. The molecule has 4 heterocycles. The van der Waals surface area contributed by atoms with Gasteiger partial charge in [-0.05, 0) is 80.6 Å². The fraction of sp³-hybridized carbons (Fsp3) is 0.909. The Labute approximate surface area is 366 Å². The molecule has 0 spiro atoms. The van der Waals surface area contributed by atoms with Crippen LogP contribution in [0.1, 0.15) is 85.5 Å². The van der Waals surface area contributed by atoms with Gasteiger partial charge in [0.1, 0.15) is 67.6 Å². The third-order valence-corrected chi connectivity index (χ3v) is 16.7. The van der Waals surface area contributed by atoms with Crippen molar-refractivity contribution in [2.45, 2.75) is 189 Å². The van der Waals surface area contributed by atoms with E-state index in [0.29, 0.717) is 12.3 Å². The molecule has 8 N–H and O–H groups in total. The molecule has 0 amide bonds.